The van der Waals surface area contributed by atoms with Crippen molar-refractivity contribution in [3.8, 4) is 20.9 Å². The minimum atomic E-state index is 0.111. The molecule has 4 aromatic carbocycles. The third-order valence-corrected chi connectivity index (χ3v) is 12.5. The second-order valence-corrected chi connectivity index (χ2v) is 15.5. The van der Waals surface area contributed by atoms with Gasteiger partial charge in [-0.3, -0.25) is 4.79 Å². The molecule has 244 valence electrons. The van der Waals surface area contributed by atoms with Crippen LogP contribution in [0, 0.1) is 0 Å². The topological polar surface area (TPSA) is 23.6 Å². The highest BCUT2D eigenvalue weighted by molar-refractivity contribution is 7.14. The molecule has 0 amide bonds. The molecule has 2 aliphatic rings. The Morgan fingerprint density at radius 3 is 1.44 bits per heavy atom. The molecule has 5 heteroatoms. The van der Waals surface area contributed by atoms with E-state index >= 15 is 4.79 Å². The van der Waals surface area contributed by atoms with Crippen LogP contribution in [0.15, 0.2) is 95.7 Å². The smallest absolute Gasteiger partial charge is 0.195 e. The highest BCUT2D eigenvalue weighted by atomic mass is 32.1. The van der Waals surface area contributed by atoms with Gasteiger partial charge in [0.15, 0.2) is 5.78 Å². The molecule has 0 saturated carbocycles. The summed E-state index contributed by atoms with van der Waals surface area (Å²) in [5.74, 6) is 0.111. The van der Waals surface area contributed by atoms with E-state index in [-0.39, 0.29) is 5.78 Å². The van der Waals surface area contributed by atoms with E-state index in [1.165, 1.54) is 85.6 Å². The van der Waals surface area contributed by atoms with Crippen LogP contribution in [-0.2, 0) is 12.8 Å². The van der Waals surface area contributed by atoms with Crippen molar-refractivity contribution >= 4 is 50.0 Å². The molecule has 0 unspecified atom stereocenters. The van der Waals surface area contributed by atoms with Crippen molar-refractivity contribution in [3.63, 3.8) is 0 Å². The lowest BCUT2D eigenvalue weighted by atomic mass is 9.87. The molecule has 0 radical (unpaired) electrons. The second-order valence-electron chi connectivity index (χ2n) is 13.7. The highest BCUT2D eigenvalue weighted by Gasteiger charge is 2.25. The van der Waals surface area contributed by atoms with E-state index in [2.05, 4.69) is 105 Å². The Bertz CT molecular complexity index is 1900. The summed E-state index contributed by atoms with van der Waals surface area (Å²) in [5, 5.41) is 8.87. The average Bonchev–Trinajstić information content (AvgIpc) is 3.83. The molecule has 0 spiro atoms. The van der Waals surface area contributed by atoms with Crippen molar-refractivity contribution in [1.29, 1.82) is 0 Å². The second kappa shape index (κ2) is 14.5. The average molecular weight is 669 g/mol. The maximum absolute atomic E-state index is 15.3. The first-order chi connectivity index (χ1) is 23.7. The number of thiophene rings is 2. The molecule has 2 saturated heterocycles. The molecule has 48 heavy (non-hydrogen) atoms. The fourth-order valence-corrected chi connectivity index (χ4v) is 9.77. The summed E-state index contributed by atoms with van der Waals surface area (Å²) in [6, 6.07) is 30.2. The number of carbonyl (C=O) groups is 1. The lowest BCUT2D eigenvalue weighted by Gasteiger charge is -2.26. The summed E-state index contributed by atoms with van der Waals surface area (Å²) in [6.45, 7) is 7.10. The Kier molecular flexibility index (Phi) is 9.54. The van der Waals surface area contributed by atoms with Crippen LogP contribution in [0.3, 0.4) is 0 Å². The number of hydrogen-bond donors (Lipinski definition) is 0. The van der Waals surface area contributed by atoms with E-state index in [1.54, 1.807) is 22.7 Å². The highest BCUT2D eigenvalue weighted by Crippen LogP contribution is 2.40. The SMILES string of the molecule is O=C(c1c(-c2cc(CCN3CCCCC3)cs2)ccc2ccccc12)c1c(-c2cc(CCN3CCCCC3)cs2)ccc2ccccc12. The Morgan fingerprint density at radius 1 is 0.542 bits per heavy atom. The van der Waals surface area contributed by atoms with Gasteiger partial charge in [0.2, 0.25) is 0 Å². The van der Waals surface area contributed by atoms with E-state index in [0.717, 1.165) is 69.7 Å². The Balaban J connectivity index is 1.18. The summed E-state index contributed by atoms with van der Waals surface area (Å²) in [4.78, 5) is 22.9. The zero-order valence-electron chi connectivity index (χ0n) is 27.8. The summed E-state index contributed by atoms with van der Waals surface area (Å²) in [5.41, 5.74) is 6.46. The van der Waals surface area contributed by atoms with Gasteiger partial charge < -0.3 is 9.80 Å². The van der Waals surface area contributed by atoms with Gasteiger partial charge in [-0.1, -0.05) is 85.6 Å². The normalized spacial score (nSPS) is 16.2. The van der Waals surface area contributed by atoms with E-state index in [1.807, 2.05) is 0 Å². The number of benzene rings is 4. The van der Waals surface area contributed by atoms with Crippen molar-refractivity contribution in [2.24, 2.45) is 0 Å². The largest absolute Gasteiger partial charge is 0.303 e. The van der Waals surface area contributed by atoms with Crippen LogP contribution in [0.25, 0.3) is 42.4 Å². The first-order valence-electron chi connectivity index (χ1n) is 17.9. The lowest BCUT2D eigenvalue weighted by Crippen LogP contribution is -2.31. The van der Waals surface area contributed by atoms with Gasteiger partial charge in [-0.05, 0) is 120 Å². The summed E-state index contributed by atoms with van der Waals surface area (Å²) in [7, 11) is 0. The molecule has 8 rings (SSSR count). The van der Waals surface area contributed by atoms with Crippen molar-refractivity contribution in [1.82, 2.24) is 9.80 Å². The van der Waals surface area contributed by atoms with E-state index in [4.69, 9.17) is 0 Å². The van der Waals surface area contributed by atoms with Crippen LogP contribution in [-0.4, -0.2) is 54.9 Å². The molecule has 2 fully saturated rings. The first kappa shape index (κ1) is 31.6. The van der Waals surface area contributed by atoms with Crippen LogP contribution < -0.4 is 0 Å². The Labute approximate surface area is 292 Å². The zero-order valence-corrected chi connectivity index (χ0v) is 29.4. The van der Waals surface area contributed by atoms with Crippen molar-refractivity contribution in [3.05, 3.63) is 118 Å². The zero-order chi connectivity index (χ0) is 32.3. The van der Waals surface area contributed by atoms with Crippen molar-refractivity contribution in [2.75, 3.05) is 39.3 Å². The molecule has 0 atom stereocenters. The van der Waals surface area contributed by atoms with Crippen LogP contribution in [0.2, 0.25) is 0 Å². The van der Waals surface area contributed by atoms with Gasteiger partial charge in [-0.15, -0.1) is 22.7 Å². The predicted molar refractivity (Wildman–Crippen MR) is 206 cm³/mol. The first-order valence-corrected chi connectivity index (χ1v) is 19.7. The van der Waals surface area contributed by atoms with Gasteiger partial charge in [0, 0.05) is 45.1 Å². The van der Waals surface area contributed by atoms with Gasteiger partial charge >= 0.3 is 0 Å². The van der Waals surface area contributed by atoms with Gasteiger partial charge in [-0.25, -0.2) is 0 Å². The summed E-state index contributed by atoms with van der Waals surface area (Å²) < 4.78 is 0. The molecule has 0 N–H and O–H groups in total. The third-order valence-electron chi connectivity index (χ3n) is 10.5. The van der Waals surface area contributed by atoms with Crippen molar-refractivity contribution < 1.29 is 4.79 Å². The molecule has 0 aliphatic carbocycles. The Morgan fingerprint density at radius 2 is 0.979 bits per heavy atom. The van der Waals surface area contributed by atoms with Gasteiger partial charge in [0.05, 0.1) is 0 Å². The number of ketones is 1. The monoisotopic (exact) mass is 668 g/mol. The summed E-state index contributed by atoms with van der Waals surface area (Å²) in [6.07, 6.45) is 10.1. The standard InChI is InChI=1S/C43H44N2OS2/c46-43(41-35-13-5-3-11-33(35)15-17-37(41)39-27-31(29-47-39)19-25-44-21-7-1-8-22-44)42-36-14-6-4-12-34(36)16-18-38(42)40-28-32(30-48-40)20-26-45-23-9-2-10-24-45/h3-6,11-18,27-30H,1-2,7-10,19-26H2. The van der Waals surface area contributed by atoms with Crippen LogP contribution in [0.4, 0.5) is 0 Å². The quantitative estimate of drug-likeness (QED) is 0.136. The van der Waals surface area contributed by atoms with Gasteiger partial charge in [0.1, 0.15) is 0 Å². The van der Waals surface area contributed by atoms with Gasteiger partial charge in [-0.2, -0.15) is 0 Å². The maximum Gasteiger partial charge on any atom is 0.195 e. The van der Waals surface area contributed by atoms with Crippen LogP contribution in [0.5, 0.6) is 0 Å². The molecular weight excluding hydrogens is 625 g/mol. The van der Waals surface area contributed by atoms with E-state index in [9.17, 15) is 0 Å². The number of hydrogen-bond acceptors (Lipinski definition) is 5. The number of fused-ring (bicyclic) bond motifs is 2. The molecule has 4 heterocycles. The number of likely N-dealkylation sites (tertiary alicyclic amines) is 2. The fraction of sp³-hybridized carbons (Fsp3) is 0.326. The molecule has 2 aromatic heterocycles. The molecule has 2 aliphatic heterocycles. The third kappa shape index (κ3) is 6.66. The number of rotatable bonds is 10. The molecule has 3 nitrogen and oxygen atoms in total. The van der Waals surface area contributed by atoms with Crippen LogP contribution >= 0.6 is 22.7 Å². The minimum absolute atomic E-state index is 0.111. The number of nitrogens with zero attached hydrogens (tertiary/aromatic N) is 2. The number of carbonyl (C=O) groups excluding carboxylic acids is 1. The lowest BCUT2D eigenvalue weighted by molar-refractivity contribution is 0.104. The number of piperidine rings is 2. The summed E-state index contributed by atoms with van der Waals surface area (Å²) >= 11 is 3.55. The molecular formula is C43H44N2OS2. The maximum atomic E-state index is 15.3. The molecule has 6 aromatic rings. The minimum Gasteiger partial charge on any atom is -0.303 e. The van der Waals surface area contributed by atoms with Crippen LogP contribution in [0.1, 0.15) is 65.6 Å². The van der Waals surface area contributed by atoms with E-state index < -0.39 is 0 Å². The molecule has 0 bridgehead atoms. The van der Waals surface area contributed by atoms with Gasteiger partial charge in [0.25, 0.3) is 0 Å². The van der Waals surface area contributed by atoms with E-state index in [0.29, 0.717) is 0 Å². The fourth-order valence-electron chi connectivity index (χ4n) is 7.80. The predicted octanol–water partition coefficient (Wildman–Crippen LogP) is 10.7. The Hall–Kier alpha value is -3.61. The van der Waals surface area contributed by atoms with Crippen molar-refractivity contribution in [2.45, 2.75) is 51.4 Å².